The van der Waals surface area contributed by atoms with Crippen LogP contribution >= 0.6 is 0 Å². The molecule has 20 heavy (non-hydrogen) atoms. The third-order valence-electron chi connectivity index (χ3n) is 3.04. The van der Waals surface area contributed by atoms with Crippen molar-refractivity contribution in [2.75, 3.05) is 12.8 Å². The summed E-state index contributed by atoms with van der Waals surface area (Å²) < 4.78 is 6.29. The quantitative estimate of drug-likeness (QED) is 0.839. The van der Waals surface area contributed by atoms with Gasteiger partial charge in [-0.25, -0.2) is 9.78 Å². The lowest BCUT2D eigenvalue weighted by Crippen LogP contribution is -2.08. The minimum absolute atomic E-state index is 0.0757. The Bertz CT molecular complexity index is 726. The molecule has 2 rings (SSSR count). The molecule has 0 atom stereocenters. The zero-order valence-electron chi connectivity index (χ0n) is 11.5. The first-order valence-corrected chi connectivity index (χ1v) is 5.93. The highest BCUT2D eigenvalue weighted by atomic mass is 16.5. The van der Waals surface area contributed by atoms with Crippen molar-refractivity contribution in [3.8, 4) is 11.8 Å². The molecule has 0 saturated carbocycles. The summed E-state index contributed by atoms with van der Waals surface area (Å²) in [7, 11) is 1.28. The Morgan fingerprint density at radius 2 is 2.15 bits per heavy atom. The maximum atomic E-state index is 11.6. The fourth-order valence-corrected chi connectivity index (χ4v) is 2.02. The standard InChI is InChI=1S/C14H14N4O2/c1-8-4-5-10(7-15)6-11(8)18-9(2)17-12(13(18)16)14(19)20-3/h4-6H,16H2,1-3H3. The van der Waals surface area contributed by atoms with Gasteiger partial charge in [0, 0.05) is 0 Å². The molecule has 0 spiro atoms. The summed E-state index contributed by atoms with van der Waals surface area (Å²) in [4.78, 5) is 15.7. The van der Waals surface area contributed by atoms with Crippen LogP contribution in [0.2, 0.25) is 0 Å². The first kappa shape index (κ1) is 13.6. The summed E-state index contributed by atoms with van der Waals surface area (Å²) in [6.45, 7) is 3.63. The lowest BCUT2D eigenvalue weighted by atomic mass is 10.1. The number of nitrogens with zero attached hydrogens (tertiary/aromatic N) is 3. The zero-order valence-corrected chi connectivity index (χ0v) is 11.5. The second-order valence-electron chi connectivity index (χ2n) is 4.33. The topological polar surface area (TPSA) is 93.9 Å². The number of rotatable bonds is 2. The SMILES string of the molecule is COC(=O)c1nc(C)n(-c2cc(C#N)ccc2C)c1N. The van der Waals surface area contributed by atoms with Crippen molar-refractivity contribution in [2.45, 2.75) is 13.8 Å². The van der Waals surface area contributed by atoms with E-state index >= 15 is 0 Å². The van der Waals surface area contributed by atoms with Crippen LogP contribution in [-0.2, 0) is 4.74 Å². The van der Waals surface area contributed by atoms with E-state index in [4.69, 9.17) is 11.0 Å². The van der Waals surface area contributed by atoms with Crippen LogP contribution in [0.3, 0.4) is 0 Å². The molecule has 6 nitrogen and oxygen atoms in total. The van der Waals surface area contributed by atoms with Gasteiger partial charge >= 0.3 is 5.97 Å². The Kier molecular flexibility index (Phi) is 3.44. The van der Waals surface area contributed by atoms with Gasteiger partial charge in [0.25, 0.3) is 0 Å². The van der Waals surface area contributed by atoms with E-state index in [9.17, 15) is 4.79 Å². The number of anilines is 1. The van der Waals surface area contributed by atoms with Crippen LogP contribution in [-0.4, -0.2) is 22.6 Å². The number of nitrogens with two attached hydrogens (primary N) is 1. The average molecular weight is 270 g/mol. The molecular weight excluding hydrogens is 256 g/mol. The number of nitrogen functional groups attached to an aromatic ring is 1. The molecule has 0 saturated heterocycles. The highest BCUT2D eigenvalue weighted by Crippen LogP contribution is 2.24. The molecule has 0 unspecified atom stereocenters. The first-order valence-electron chi connectivity index (χ1n) is 5.93. The van der Waals surface area contributed by atoms with Crippen LogP contribution in [0.15, 0.2) is 18.2 Å². The maximum Gasteiger partial charge on any atom is 0.360 e. The van der Waals surface area contributed by atoms with Gasteiger partial charge in [0.05, 0.1) is 24.4 Å². The zero-order chi connectivity index (χ0) is 14.9. The molecule has 102 valence electrons. The van der Waals surface area contributed by atoms with Crippen molar-refractivity contribution in [1.29, 1.82) is 5.26 Å². The van der Waals surface area contributed by atoms with Crippen LogP contribution in [0.1, 0.15) is 27.4 Å². The molecule has 0 radical (unpaired) electrons. The number of hydrogen-bond acceptors (Lipinski definition) is 5. The number of aryl methyl sites for hydroxylation is 2. The lowest BCUT2D eigenvalue weighted by Gasteiger charge is -2.11. The van der Waals surface area contributed by atoms with E-state index in [-0.39, 0.29) is 11.5 Å². The number of hydrogen-bond donors (Lipinski definition) is 1. The van der Waals surface area contributed by atoms with Crippen LogP contribution in [0.4, 0.5) is 5.82 Å². The van der Waals surface area contributed by atoms with Crippen LogP contribution in [0.25, 0.3) is 5.69 Å². The monoisotopic (exact) mass is 270 g/mol. The molecule has 0 aliphatic carbocycles. The fourth-order valence-electron chi connectivity index (χ4n) is 2.02. The molecule has 1 heterocycles. The molecule has 0 aliphatic rings. The third kappa shape index (κ3) is 2.10. The van der Waals surface area contributed by atoms with E-state index in [1.165, 1.54) is 7.11 Å². The van der Waals surface area contributed by atoms with E-state index in [1.807, 2.05) is 13.0 Å². The number of imidazole rings is 1. The second kappa shape index (κ2) is 5.05. The Morgan fingerprint density at radius 3 is 2.75 bits per heavy atom. The van der Waals surface area contributed by atoms with Crippen molar-refractivity contribution < 1.29 is 9.53 Å². The van der Waals surface area contributed by atoms with Gasteiger partial charge in [-0.2, -0.15) is 5.26 Å². The summed E-state index contributed by atoms with van der Waals surface area (Å²) in [5.41, 5.74) is 8.22. The number of carbonyl (C=O) groups excluding carboxylic acids is 1. The average Bonchev–Trinajstić information content (AvgIpc) is 2.74. The fraction of sp³-hybridized carbons (Fsp3) is 0.214. The third-order valence-corrected chi connectivity index (χ3v) is 3.04. The van der Waals surface area contributed by atoms with Gasteiger partial charge < -0.3 is 10.5 Å². The molecular formula is C14H14N4O2. The second-order valence-corrected chi connectivity index (χ2v) is 4.33. The summed E-state index contributed by atoms with van der Waals surface area (Å²) in [5.74, 6) is 0.173. The summed E-state index contributed by atoms with van der Waals surface area (Å²) in [5, 5.41) is 8.99. The van der Waals surface area contributed by atoms with Gasteiger partial charge in [0.15, 0.2) is 5.69 Å². The molecule has 0 amide bonds. The van der Waals surface area contributed by atoms with Crippen molar-refractivity contribution >= 4 is 11.8 Å². The number of ether oxygens (including phenoxy) is 1. The Morgan fingerprint density at radius 1 is 1.45 bits per heavy atom. The molecule has 6 heteroatoms. The number of aromatic nitrogens is 2. The number of carbonyl (C=O) groups is 1. The van der Waals surface area contributed by atoms with E-state index in [0.717, 1.165) is 11.3 Å². The van der Waals surface area contributed by atoms with Crippen molar-refractivity contribution in [3.63, 3.8) is 0 Å². The summed E-state index contributed by atoms with van der Waals surface area (Å²) in [6.07, 6.45) is 0. The van der Waals surface area contributed by atoms with Crippen LogP contribution < -0.4 is 5.73 Å². The predicted molar refractivity (Wildman–Crippen MR) is 73.5 cm³/mol. The van der Waals surface area contributed by atoms with Crippen molar-refractivity contribution in [1.82, 2.24) is 9.55 Å². The van der Waals surface area contributed by atoms with Crippen molar-refractivity contribution in [2.24, 2.45) is 0 Å². The van der Waals surface area contributed by atoms with E-state index < -0.39 is 5.97 Å². The van der Waals surface area contributed by atoms with Gasteiger partial charge in [-0.3, -0.25) is 4.57 Å². The Labute approximate surface area is 116 Å². The van der Waals surface area contributed by atoms with Gasteiger partial charge in [-0.05, 0) is 31.5 Å². The van der Waals surface area contributed by atoms with Gasteiger partial charge in [0.2, 0.25) is 0 Å². The smallest absolute Gasteiger partial charge is 0.360 e. The van der Waals surface area contributed by atoms with Gasteiger partial charge in [-0.15, -0.1) is 0 Å². The van der Waals surface area contributed by atoms with Crippen LogP contribution in [0.5, 0.6) is 0 Å². The molecule has 2 N–H and O–H groups in total. The molecule has 0 fully saturated rings. The van der Waals surface area contributed by atoms with Gasteiger partial charge in [-0.1, -0.05) is 6.07 Å². The van der Waals surface area contributed by atoms with Crippen molar-refractivity contribution in [3.05, 3.63) is 40.8 Å². The highest BCUT2D eigenvalue weighted by Gasteiger charge is 2.20. The largest absolute Gasteiger partial charge is 0.464 e. The Hall–Kier alpha value is -2.81. The number of esters is 1. The predicted octanol–water partition coefficient (Wildman–Crippen LogP) is 1.73. The maximum absolute atomic E-state index is 11.6. The first-order chi connectivity index (χ1) is 9.49. The molecule has 2 aromatic rings. The van der Waals surface area contributed by atoms with E-state index in [1.54, 1.807) is 23.6 Å². The van der Waals surface area contributed by atoms with Gasteiger partial charge in [0.1, 0.15) is 11.6 Å². The Balaban J connectivity index is 2.68. The minimum Gasteiger partial charge on any atom is -0.464 e. The molecule has 0 bridgehead atoms. The summed E-state index contributed by atoms with van der Waals surface area (Å²) >= 11 is 0. The number of nitriles is 1. The van der Waals surface area contributed by atoms with E-state index in [0.29, 0.717) is 11.4 Å². The van der Waals surface area contributed by atoms with E-state index in [2.05, 4.69) is 15.8 Å². The lowest BCUT2D eigenvalue weighted by molar-refractivity contribution is 0.0596. The molecule has 1 aromatic heterocycles. The molecule has 0 aliphatic heterocycles. The normalized spacial score (nSPS) is 10.1. The molecule has 1 aromatic carbocycles. The van der Waals surface area contributed by atoms with Crippen LogP contribution in [0, 0.1) is 25.2 Å². The number of benzene rings is 1. The number of methoxy groups -OCH3 is 1. The minimum atomic E-state index is -0.585. The highest BCUT2D eigenvalue weighted by molar-refractivity contribution is 5.92. The summed E-state index contributed by atoms with van der Waals surface area (Å²) in [6, 6.07) is 7.34.